The van der Waals surface area contributed by atoms with Gasteiger partial charge in [-0.05, 0) is 43.1 Å². The lowest BCUT2D eigenvalue weighted by Gasteiger charge is -2.11. The zero-order chi connectivity index (χ0) is 15.1. The minimum atomic E-state index is 0. The summed E-state index contributed by atoms with van der Waals surface area (Å²) in [6.07, 6.45) is 0.999. The molecule has 0 aliphatic heterocycles. The monoisotopic (exact) mass is 359 g/mol. The van der Waals surface area contributed by atoms with Crippen LogP contribution < -0.4 is 10.1 Å². The van der Waals surface area contributed by atoms with E-state index in [2.05, 4.69) is 29.6 Å². The molecule has 2 rings (SSSR count). The van der Waals surface area contributed by atoms with E-state index in [-0.39, 0.29) is 12.4 Å². The highest BCUT2D eigenvalue weighted by Gasteiger charge is 2.09. The van der Waals surface area contributed by atoms with E-state index in [4.69, 9.17) is 27.9 Å². The predicted octanol–water partition coefficient (Wildman–Crippen LogP) is 5.15. The molecule has 0 spiro atoms. The maximum atomic E-state index is 6.18. The van der Waals surface area contributed by atoms with Crippen molar-refractivity contribution in [1.29, 1.82) is 0 Å². The summed E-state index contributed by atoms with van der Waals surface area (Å²) in [6, 6.07) is 14.2. The molecule has 5 heteroatoms. The molecule has 0 aliphatic rings. The number of rotatable bonds is 7. The summed E-state index contributed by atoms with van der Waals surface area (Å²) in [5.41, 5.74) is 2.38. The van der Waals surface area contributed by atoms with Crippen molar-refractivity contribution in [2.24, 2.45) is 0 Å². The first-order valence-electron chi connectivity index (χ1n) is 7.06. The van der Waals surface area contributed by atoms with Crippen molar-refractivity contribution in [3.05, 3.63) is 63.6 Å². The van der Waals surface area contributed by atoms with E-state index in [1.807, 2.05) is 25.1 Å². The van der Waals surface area contributed by atoms with Crippen molar-refractivity contribution in [1.82, 2.24) is 5.32 Å². The molecule has 1 N–H and O–H groups in total. The second kappa shape index (κ2) is 9.96. The molecule has 0 heterocycles. The van der Waals surface area contributed by atoms with Gasteiger partial charge in [-0.15, -0.1) is 12.4 Å². The normalized spacial score (nSPS) is 10.1. The summed E-state index contributed by atoms with van der Waals surface area (Å²) in [5.74, 6) is 0.564. The smallest absolute Gasteiger partial charge is 0.156 e. The molecule has 0 radical (unpaired) electrons. The predicted molar refractivity (Wildman–Crippen MR) is 96.7 cm³/mol. The molecule has 0 saturated carbocycles. The average molecular weight is 361 g/mol. The van der Waals surface area contributed by atoms with E-state index in [0.717, 1.165) is 25.1 Å². The fraction of sp³-hybridized carbons (Fsp3) is 0.294. The summed E-state index contributed by atoms with van der Waals surface area (Å²) in [4.78, 5) is 0. The van der Waals surface area contributed by atoms with Crippen molar-refractivity contribution >= 4 is 35.6 Å². The molecule has 0 amide bonds. The first kappa shape index (κ1) is 19.1. The Morgan fingerprint density at radius 3 is 2.23 bits per heavy atom. The zero-order valence-corrected chi connectivity index (χ0v) is 14.8. The van der Waals surface area contributed by atoms with Crippen LogP contribution in [0, 0.1) is 0 Å². The molecule has 0 aromatic heterocycles. The minimum absolute atomic E-state index is 0. The van der Waals surface area contributed by atoms with Crippen LogP contribution in [0.25, 0.3) is 0 Å². The van der Waals surface area contributed by atoms with Gasteiger partial charge in [0.25, 0.3) is 0 Å². The molecule has 0 unspecified atom stereocenters. The largest absolute Gasteiger partial charge is 0.491 e. The summed E-state index contributed by atoms with van der Waals surface area (Å²) >= 11 is 12.4. The highest BCUT2D eigenvalue weighted by molar-refractivity contribution is 6.37. The Hall–Kier alpha value is -0.930. The van der Waals surface area contributed by atoms with E-state index in [9.17, 15) is 0 Å². The maximum Gasteiger partial charge on any atom is 0.156 e. The van der Waals surface area contributed by atoms with E-state index in [0.29, 0.717) is 22.4 Å². The Kier molecular flexibility index (Phi) is 8.66. The lowest BCUT2D eigenvalue weighted by molar-refractivity contribution is 0.340. The molecule has 0 aliphatic carbocycles. The molecule has 120 valence electrons. The molecule has 22 heavy (non-hydrogen) atoms. The fourth-order valence-electron chi connectivity index (χ4n) is 2.11. The third-order valence-electron chi connectivity index (χ3n) is 3.11. The number of nitrogens with one attached hydrogen (secondary N) is 1. The topological polar surface area (TPSA) is 21.3 Å². The van der Waals surface area contributed by atoms with E-state index in [1.165, 1.54) is 5.56 Å². The highest BCUT2D eigenvalue weighted by atomic mass is 35.5. The van der Waals surface area contributed by atoms with Gasteiger partial charge in [-0.3, -0.25) is 0 Å². The first-order valence-corrected chi connectivity index (χ1v) is 7.81. The van der Waals surface area contributed by atoms with Crippen LogP contribution in [0.4, 0.5) is 0 Å². The quantitative estimate of drug-likeness (QED) is 0.690. The lowest BCUT2D eigenvalue weighted by Crippen LogP contribution is -2.16. The van der Waals surface area contributed by atoms with Crippen LogP contribution in [0.2, 0.25) is 10.0 Å². The molecule has 2 aromatic rings. The third kappa shape index (κ3) is 5.69. The highest BCUT2D eigenvalue weighted by Crippen LogP contribution is 2.34. The van der Waals surface area contributed by atoms with Gasteiger partial charge in [-0.2, -0.15) is 0 Å². The Labute approximate surface area is 148 Å². The molecule has 0 atom stereocenters. The Bertz CT molecular complexity index is 552. The molecule has 0 saturated heterocycles. The van der Waals surface area contributed by atoms with Gasteiger partial charge in [0.2, 0.25) is 0 Å². The number of halogens is 3. The zero-order valence-electron chi connectivity index (χ0n) is 12.4. The second-order valence-electron chi connectivity index (χ2n) is 4.73. The van der Waals surface area contributed by atoms with Crippen LogP contribution in [0.3, 0.4) is 0 Å². The Balaban J connectivity index is 0.00000242. The molecule has 2 nitrogen and oxygen atoms in total. The SMILES string of the molecule is CCOc1c(Cl)cc(CNCCc2ccccc2)cc1Cl.Cl. The minimum Gasteiger partial charge on any atom is -0.491 e. The number of hydrogen-bond donors (Lipinski definition) is 1. The number of hydrogen-bond acceptors (Lipinski definition) is 2. The van der Waals surface area contributed by atoms with Crippen LogP contribution in [0.5, 0.6) is 5.75 Å². The first-order chi connectivity index (χ1) is 10.2. The van der Waals surface area contributed by atoms with Crippen LogP contribution in [-0.2, 0) is 13.0 Å². The van der Waals surface area contributed by atoms with Crippen LogP contribution in [0.15, 0.2) is 42.5 Å². The summed E-state index contributed by atoms with van der Waals surface area (Å²) in [5, 5.41) is 4.52. The third-order valence-corrected chi connectivity index (χ3v) is 3.67. The van der Waals surface area contributed by atoms with E-state index < -0.39 is 0 Å². The van der Waals surface area contributed by atoms with Crippen LogP contribution in [0.1, 0.15) is 18.1 Å². The van der Waals surface area contributed by atoms with Gasteiger partial charge in [0.1, 0.15) is 0 Å². The van der Waals surface area contributed by atoms with E-state index >= 15 is 0 Å². The van der Waals surface area contributed by atoms with Crippen LogP contribution in [-0.4, -0.2) is 13.2 Å². The lowest BCUT2D eigenvalue weighted by atomic mass is 10.1. The number of benzene rings is 2. The molecule has 0 bridgehead atoms. The Morgan fingerprint density at radius 2 is 1.64 bits per heavy atom. The number of ether oxygens (including phenoxy) is 1. The van der Waals surface area contributed by atoms with Crippen molar-refractivity contribution < 1.29 is 4.74 Å². The van der Waals surface area contributed by atoms with Gasteiger partial charge in [-0.25, -0.2) is 0 Å². The Morgan fingerprint density at radius 1 is 1.00 bits per heavy atom. The van der Waals surface area contributed by atoms with Gasteiger partial charge in [0, 0.05) is 6.54 Å². The fourth-order valence-corrected chi connectivity index (χ4v) is 2.75. The summed E-state index contributed by atoms with van der Waals surface area (Å²) in [7, 11) is 0. The van der Waals surface area contributed by atoms with Gasteiger partial charge in [0.15, 0.2) is 5.75 Å². The van der Waals surface area contributed by atoms with Crippen molar-refractivity contribution in [3.8, 4) is 5.75 Å². The van der Waals surface area contributed by atoms with Gasteiger partial charge in [0.05, 0.1) is 16.7 Å². The molecule has 2 aromatic carbocycles. The molecule has 0 fully saturated rings. The van der Waals surface area contributed by atoms with Gasteiger partial charge < -0.3 is 10.1 Å². The van der Waals surface area contributed by atoms with Gasteiger partial charge in [-0.1, -0.05) is 53.5 Å². The standard InChI is InChI=1S/C17H19Cl2NO.ClH/c1-2-21-17-15(18)10-14(11-16(17)19)12-20-9-8-13-6-4-3-5-7-13;/h3-7,10-11,20H,2,8-9,12H2,1H3;1H. The second-order valence-corrected chi connectivity index (χ2v) is 5.55. The van der Waals surface area contributed by atoms with E-state index in [1.54, 1.807) is 0 Å². The average Bonchev–Trinajstić information content (AvgIpc) is 2.48. The molecular formula is C17H20Cl3NO. The van der Waals surface area contributed by atoms with Crippen molar-refractivity contribution in [2.45, 2.75) is 19.9 Å². The van der Waals surface area contributed by atoms with Gasteiger partial charge >= 0.3 is 0 Å². The van der Waals surface area contributed by atoms with Crippen molar-refractivity contribution in [2.75, 3.05) is 13.2 Å². The van der Waals surface area contributed by atoms with Crippen molar-refractivity contribution in [3.63, 3.8) is 0 Å². The maximum absolute atomic E-state index is 6.18. The summed E-state index contributed by atoms with van der Waals surface area (Å²) < 4.78 is 5.42. The van der Waals surface area contributed by atoms with Crippen LogP contribution >= 0.6 is 35.6 Å². The summed E-state index contributed by atoms with van der Waals surface area (Å²) in [6.45, 7) is 4.10. The molecular weight excluding hydrogens is 341 g/mol.